The van der Waals surface area contributed by atoms with Gasteiger partial charge in [0.2, 0.25) is 5.91 Å². The molecule has 2 aromatic rings. The van der Waals surface area contributed by atoms with Crippen LogP contribution in [-0.4, -0.2) is 24.1 Å². The van der Waals surface area contributed by atoms with Gasteiger partial charge in [0.1, 0.15) is 10.4 Å². The van der Waals surface area contributed by atoms with Gasteiger partial charge >= 0.3 is 0 Å². The summed E-state index contributed by atoms with van der Waals surface area (Å²) in [5, 5.41) is 3.33. The van der Waals surface area contributed by atoms with Crippen LogP contribution in [0.1, 0.15) is 21.6 Å². The summed E-state index contributed by atoms with van der Waals surface area (Å²) in [7, 11) is 1.63. The molecule has 1 aliphatic heterocycles. The molecule has 1 aromatic carbocycles. The molecule has 0 fully saturated rings. The van der Waals surface area contributed by atoms with Crippen molar-refractivity contribution >= 4 is 37.8 Å². The van der Waals surface area contributed by atoms with Crippen molar-refractivity contribution < 1.29 is 9.53 Å². The number of nitrogens with one attached hydrogen (secondary N) is 1. The second-order valence-electron chi connectivity index (χ2n) is 5.21. The van der Waals surface area contributed by atoms with Crippen molar-refractivity contribution in [2.45, 2.75) is 19.4 Å². The molecular formula is C16H16Br2N2O2. The Kier molecular flexibility index (Phi) is 4.70. The van der Waals surface area contributed by atoms with E-state index in [4.69, 9.17) is 4.74 Å². The Balaban J connectivity index is 1.92. The van der Waals surface area contributed by atoms with E-state index in [0.717, 1.165) is 51.2 Å². The first-order valence-corrected chi connectivity index (χ1v) is 8.64. The first-order chi connectivity index (χ1) is 10.6. The van der Waals surface area contributed by atoms with E-state index in [-0.39, 0.29) is 5.91 Å². The maximum absolute atomic E-state index is 12.8. The summed E-state index contributed by atoms with van der Waals surface area (Å²) >= 11 is 7.13. The topological polar surface area (TPSA) is 43.3 Å². The van der Waals surface area contributed by atoms with Gasteiger partial charge in [0.05, 0.1) is 18.0 Å². The summed E-state index contributed by atoms with van der Waals surface area (Å²) in [5.41, 5.74) is 3.20. The predicted molar refractivity (Wildman–Crippen MR) is 92.6 cm³/mol. The third-order valence-corrected chi connectivity index (χ3v) is 5.98. The van der Waals surface area contributed by atoms with E-state index < -0.39 is 0 Å². The minimum atomic E-state index is 0.0592. The summed E-state index contributed by atoms with van der Waals surface area (Å²) in [6.07, 6.45) is 1.19. The van der Waals surface area contributed by atoms with Gasteiger partial charge in [-0.25, -0.2) is 0 Å². The van der Waals surface area contributed by atoms with Gasteiger partial charge in [0, 0.05) is 30.8 Å². The van der Waals surface area contributed by atoms with Crippen molar-refractivity contribution in [1.29, 1.82) is 0 Å². The van der Waals surface area contributed by atoms with Crippen LogP contribution in [0.2, 0.25) is 0 Å². The molecular weight excluding hydrogens is 412 g/mol. The highest BCUT2D eigenvalue weighted by Crippen LogP contribution is 2.34. The number of carbonyl (C=O) groups excluding carboxylic acids is 1. The van der Waals surface area contributed by atoms with E-state index in [0.29, 0.717) is 6.42 Å². The van der Waals surface area contributed by atoms with Gasteiger partial charge in [-0.3, -0.25) is 9.36 Å². The van der Waals surface area contributed by atoms with Crippen LogP contribution in [0.3, 0.4) is 0 Å². The second-order valence-corrected chi connectivity index (χ2v) is 6.76. The molecule has 0 saturated carbocycles. The predicted octanol–water partition coefficient (Wildman–Crippen LogP) is 3.55. The average Bonchev–Trinajstić information content (AvgIpc) is 2.79. The zero-order chi connectivity index (χ0) is 15.7. The molecule has 0 spiro atoms. The summed E-state index contributed by atoms with van der Waals surface area (Å²) in [5.74, 6) is 0.827. The molecule has 1 N–H and O–H groups in total. The molecule has 0 unspecified atom stereocenters. The van der Waals surface area contributed by atoms with Crippen molar-refractivity contribution in [2.24, 2.45) is 0 Å². The van der Waals surface area contributed by atoms with Gasteiger partial charge in [-0.15, -0.1) is 0 Å². The van der Waals surface area contributed by atoms with Crippen molar-refractivity contribution in [3.8, 4) is 5.75 Å². The van der Waals surface area contributed by atoms with Crippen LogP contribution >= 0.6 is 31.9 Å². The van der Waals surface area contributed by atoms with Crippen LogP contribution in [0.25, 0.3) is 0 Å². The average molecular weight is 428 g/mol. The fourth-order valence-corrected chi connectivity index (χ4v) is 3.96. The minimum absolute atomic E-state index is 0.0592. The number of rotatable bonds is 3. The van der Waals surface area contributed by atoms with Crippen molar-refractivity contribution in [2.75, 3.05) is 13.7 Å². The van der Waals surface area contributed by atoms with Crippen LogP contribution in [0.15, 0.2) is 33.3 Å². The Hall–Kier alpha value is -1.11. The zero-order valence-corrected chi connectivity index (χ0v) is 15.3. The van der Waals surface area contributed by atoms with Gasteiger partial charge in [-0.1, -0.05) is 12.1 Å². The highest BCUT2D eigenvalue weighted by Gasteiger charge is 2.25. The Bertz CT molecular complexity index is 725. The lowest BCUT2D eigenvalue weighted by molar-refractivity contribution is 0.0908. The highest BCUT2D eigenvalue weighted by atomic mass is 79.9. The van der Waals surface area contributed by atoms with E-state index in [1.54, 1.807) is 11.7 Å². The standard InChI is InChI=1S/C16H16Br2N2O2/c1-22-11-4-2-3-10(7-11)8-14(21)20-13-5-6-19-9-12(13)15(17)16(20)18/h2-4,7,19H,5-6,8-9H2,1H3. The van der Waals surface area contributed by atoms with E-state index in [2.05, 4.69) is 37.2 Å². The smallest absolute Gasteiger partial charge is 0.236 e. The maximum Gasteiger partial charge on any atom is 0.236 e. The molecule has 0 bridgehead atoms. The third-order valence-electron chi connectivity index (χ3n) is 3.84. The Morgan fingerprint density at radius 3 is 3.00 bits per heavy atom. The molecule has 0 aliphatic carbocycles. The highest BCUT2D eigenvalue weighted by molar-refractivity contribution is 9.13. The zero-order valence-electron chi connectivity index (χ0n) is 12.2. The number of ether oxygens (including phenoxy) is 1. The number of fused-ring (bicyclic) bond motifs is 1. The number of hydrogen-bond acceptors (Lipinski definition) is 3. The summed E-state index contributed by atoms with van der Waals surface area (Å²) in [6.45, 7) is 1.68. The lowest BCUT2D eigenvalue weighted by Crippen LogP contribution is -2.27. The molecule has 116 valence electrons. The van der Waals surface area contributed by atoms with Gasteiger partial charge < -0.3 is 10.1 Å². The summed E-state index contributed by atoms with van der Waals surface area (Å²) in [6, 6.07) is 7.63. The Morgan fingerprint density at radius 2 is 2.23 bits per heavy atom. The molecule has 0 saturated heterocycles. The van der Waals surface area contributed by atoms with Crippen molar-refractivity contribution in [3.05, 3.63) is 50.2 Å². The van der Waals surface area contributed by atoms with Gasteiger partial charge in [-0.2, -0.15) is 0 Å². The van der Waals surface area contributed by atoms with Crippen LogP contribution < -0.4 is 10.1 Å². The number of halogens is 2. The van der Waals surface area contributed by atoms with Crippen molar-refractivity contribution in [3.63, 3.8) is 0 Å². The quantitative estimate of drug-likeness (QED) is 0.814. The van der Waals surface area contributed by atoms with E-state index in [1.807, 2.05) is 24.3 Å². The number of aromatic nitrogens is 1. The van der Waals surface area contributed by atoms with Crippen LogP contribution in [-0.2, 0) is 19.4 Å². The maximum atomic E-state index is 12.8. The molecule has 0 radical (unpaired) electrons. The number of benzene rings is 1. The van der Waals surface area contributed by atoms with Crippen molar-refractivity contribution in [1.82, 2.24) is 9.88 Å². The number of nitrogens with zero attached hydrogens (tertiary/aromatic N) is 1. The monoisotopic (exact) mass is 426 g/mol. The summed E-state index contributed by atoms with van der Waals surface area (Å²) in [4.78, 5) is 12.8. The lowest BCUT2D eigenvalue weighted by Gasteiger charge is -2.16. The molecule has 2 heterocycles. The minimum Gasteiger partial charge on any atom is -0.497 e. The molecule has 0 atom stereocenters. The van der Waals surface area contributed by atoms with Crippen LogP contribution in [0.4, 0.5) is 0 Å². The van der Waals surface area contributed by atoms with Crippen LogP contribution in [0, 0.1) is 0 Å². The molecule has 3 rings (SSSR count). The molecule has 22 heavy (non-hydrogen) atoms. The molecule has 1 aliphatic rings. The third kappa shape index (κ3) is 2.87. The lowest BCUT2D eigenvalue weighted by atomic mass is 10.1. The molecule has 0 amide bonds. The first kappa shape index (κ1) is 15.8. The fourth-order valence-electron chi connectivity index (χ4n) is 2.76. The SMILES string of the molecule is COc1cccc(CC(=O)n2c(Br)c(Br)c3c2CCNC3)c1. The number of hydrogen-bond donors (Lipinski definition) is 1. The first-order valence-electron chi connectivity index (χ1n) is 7.06. The summed E-state index contributed by atoms with van der Waals surface area (Å²) < 4.78 is 8.78. The Morgan fingerprint density at radius 1 is 1.41 bits per heavy atom. The van der Waals surface area contributed by atoms with E-state index in [9.17, 15) is 4.79 Å². The van der Waals surface area contributed by atoms with Gasteiger partial charge in [0.25, 0.3) is 0 Å². The van der Waals surface area contributed by atoms with Crippen LogP contribution in [0.5, 0.6) is 5.75 Å². The molecule has 6 heteroatoms. The van der Waals surface area contributed by atoms with Gasteiger partial charge in [0.15, 0.2) is 0 Å². The molecule has 1 aromatic heterocycles. The number of methoxy groups -OCH3 is 1. The number of carbonyl (C=O) groups is 1. The Labute approximate surface area is 146 Å². The van der Waals surface area contributed by atoms with E-state index >= 15 is 0 Å². The largest absolute Gasteiger partial charge is 0.497 e. The van der Waals surface area contributed by atoms with Gasteiger partial charge in [-0.05, 0) is 49.6 Å². The fraction of sp³-hybridized carbons (Fsp3) is 0.312. The normalized spacial score (nSPS) is 13.8. The molecule has 4 nitrogen and oxygen atoms in total. The van der Waals surface area contributed by atoms with E-state index in [1.165, 1.54) is 0 Å². The second kappa shape index (κ2) is 6.56.